The number of carbonyl (C=O) groups is 1. The summed E-state index contributed by atoms with van der Waals surface area (Å²) in [5, 5.41) is 9.58. The van der Waals surface area contributed by atoms with Crippen molar-refractivity contribution in [2.24, 2.45) is 10.9 Å². The Morgan fingerprint density at radius 1 is 1.32 bits per heavy atom. The first-order chi connectivity index (χ1) is 12.9. The molecule has 1 aromatic carbocycles. The summed E-state index contributed by atoms with van der Waals surface area (Å²) in [5.41, 5.74) is 2.04. The third kappa shape index (κ3) is 7.44. The van der Waals surface area contributed by atoms with E-state index >= 15 is 0 Å². The Kier molecular flexibility index (Phi) is 10.6. The first-order valence-electron chi connectivity index (χ1n) is 9.66. The molecule has 1 unspecified atom stereocenters. The zero-order valence-corrected chi connectivity index (χ0v) is 19.5. The van der Waals surface area contributed by atoms with E-state index in [-0.39, 0.29) is 47.7 Å². The number of nitrogens with one attached hydrogen (secondary N) is 3. The molecule has 1 saturated heterocycles. The van der Waals surface area contributed by atoms with Crippen LogP contribution in [0.1, 0.15) is 32.3 Å². The summed E-state index contributed by atoms with van der Waals surface area (Å²) in [4.78, 5) is 18.2. The molecule has 1 heterocycles. The molecule has 3 N–H and O–H groups in total. The summed E-state index contributed by atoms with van der Waals surface area (Å²) < 4.78 is 13.4. The molecule has 28 heavy (non-hydrogen) atoms. The van der Waals surface area contributed by atoms with Crippen LogP contribution < -0.4 is 20.9 Å². The highest BCUT2D eigenvalue weighted by atomic mass is 127. The average molecular weight is 505 g/mol. The molecule has 0 aromatic heterocycles. The fraction of sp³-hybridized carbons (Fsp3) is 0.600. The maximum atomic E-state index is 13.4. The summed E-state index contributed by atoms with van der Waals surface area (Å²) in [6, 6.07) is 5.22. The minimum atomic E-state index is -0.197. The number of guanidine groups is 1. The lowest BCUT2D eigenvalue weighted by Gasteiger charge is -2.36. The van der Waals surface area contributed by atoms with Crippen molar-refractivity contribution < 1.29 is 9.18 Å². The lowest BCUT2D eigenvalue weighted by molar-refractivity contribution is -0.123. The minimum absolute atomic E-state index is 0. The molecule has 1 aliphatic rings. The summed E-state index contributed by atoms with van der Waals surface area (Å²) in [6.07, 6.45) is 2.12. The second kappa shape index (κ2) is 12.1. The highest BCUT2D eigenvalue weighted by Crippen LogP contribution is 2.24. The smallest absolute Gasteiger partial charge is 0.222 e. The van der Waals surface area contributed by atoms with Gasteiger partial charge in [-0.3, -0.25) is 9.79 Å². The molecular weight excluding hydrogens is 472 g/mol. The van der Waals surface area contributed by atoms with E-state index in [0.29, 0.717) is 13.1 Å². The van der Waals surface area contributed by atoms with Gasteiger partial charge in [-0.2, -0.15) is 0 Å². The van der Waals surface area contributed by atoms with E-state index in [2.05, 4.69) is 25.8 Å². The molecule has 6 nitrogen and oxygen atoms in total. The van der Waals surface area contributed by atoms with Gasteiger partial charge < -0.3 is 20.9 Å². The van der Waals surface area contributed by atoms with Gasteiger partial charge in [0, 0.05) is 50.9 Å². The van der Waals surface area contributed by atoms with Gasteiger partial charge in [0.2, 0.25) is 5.91 Å². The van der Waals surface area contributed by atoms with E-state index < -0.39 is 0 Å². The van der Waals surface area contributed by atoms with E-state index in [1.807, 2.05) is 26.8 Å². The molecule has 0 radical (unpaired) electrons. The van der Waals surface area contributed by atoms with Gasteiger partial charge in [0.25, 0.3) is 0 Å². The van der Waals surface area contributed by atoms with Gasteiger partial charge in [0.1, 0.15) is 5.82 Å². The summed E-state index contributed by atoms with van der Waals surface area (Å²) in [7, 11) is 1.74. The van der Waals surface area contributed by atoms with E-state index in [1.165, 1.54) is 6.07 Å². The van der Waals surface area contributed by atoms with Crippen LogP contribution in [0.3, 0.4) is 0 Å². The van der Waals surface area contributed by atoms with Gasteiger partial charge in [0.15, 0.2) is 5.96 Å². The molecule has 0 bridgehead atoms. The van der Waals surface area contributed by atoms with E-state index in [4.69, 9.17) is 0 Å². The molecule has 1 aromatic rings. The quantitative estimate of drug-likeness (QED) is 0.241. The molecular formula is C20H33FIN5O. The maximum Gasteiger partial charge on any atom is 0.222 e. The molecule has 1 amide bonds. The predicted molar refractivity (Wildman–Crippen MR) is 124 cm³/mol. The van der Waals surface area contributed by atoms with Crippen LogP contribution in [-0.4, -0.2) is 51.1 Å². The highest BCUT2D eigenvalue weighted by Gasteiger charge is 2.22. The Balaban J connectivity index is 0.00000392. The monoisotopic (exact) mass is 505 g/mol. The largest absolute Gasteiger partial charge is 0.369 e. The highest BCUT2D eigenvalue weighted by molar-refractivity contribution is 14.0. The standard InChI is InChI=1S/C20H32FN5O.HI/c1-14(2)19(27)23-9-10-24-20(22-4)25-17-6-5-11-26(13-17)18-8-7-16(21)12-15(18)3;/h7-8,12,14,17H,5-6,9-11,13H2,1-4H3,(H,23,27)(H2,22,24,25);1H. The summed E-state index contributed by atoms with van der Waals surface area (Å²) >= 11 is 0. The number of carbonyl (C=O) groups excluding carboxylic acids is 1. The van der Waals surface area contributed by atoms with Gasteiger partial charge in [0.05, 0.1) is 0 Å². The third-order valence-electron chi connectivity index (χ3n) is 4.73. The van der Waals surface area contributed by atoms with Gasteiger partial charge in [-0.25, -0.2) is 4.39 Å². The zero-order chi connectivity index (χ0) is 19.8. The lowest BCUT2D eigenvalue weighted by Crippen LogP contribution is -2.52. The molecule has 0 saturated carbocycles. The first kappa shape index (κ1) is 24.5. The van der Waals surface area contributed by atoms with Gasteiger partial charge >= 0.3 is 0 Å². The van der Waals surface area contributed by atoms with Crippen molar-refractivity contribution >= 4 is 41.5 Å². The molecule has 2 rings (SSSR count). The van der Waals surface area contributed by atoms with Crippen LogP contribution in [0, 0.1) is 18.7 Å². The number of piperidine rings is 1. The van der Waals surface area contributed by atoms with Gasteiger partial charge in [-0.1, -0.05) is 13.8 Å². The third-order valence-corrected chi connectivity index (χ3v) is 4.73. The Morgan fingerprint density at radius 2 is 2.04 bits per heavy atom. The number of aryl methyl sites for hydroxylation is 1. The van der Waals surface area contributed by atoms with Crippen LogP contribution in [-0.2, 0) is 4.79 Å². The van der Waals surface area contributed by atoms with E-state index in [9.17, 15) is 9.18 Å². The van der Waals surface area contributed by atoms with Crippen molar-refractivity contribution in [1.29, 1.82) is 0 Å². The zero-order valence-electron chi connectivity index (χ0n) is 17.2. The number of amides is 1. The van der Waals surface area contributed by atoms with Crippen molar-refractivity contribution in [1.82, 2.24) is 16.0 Å². The number of benzene rings is 1. The van der Waals surface area contributed by atoms with Crippen molar-refractivity contribution in [2.45, 2.75) is 39.7 Å². The van der Waals surface area contributed by atoms with Crippen LogP contribution >= 0.6 is 24.0 Å². The minimum Gasteiger partial charge on any atom is -0.369 e. The number of hydrogen-bond acceptors (Lipinski definition) is 3. The second-order valence-electron chi connectivity index (χ2n) is 7.31. The van der Waals surface area contributed by atoms with Crippen molar-refractivity contribution in [3.05, 3.63) is 29.6 Å². The normalized spacial score (nSPS) is 17.1. The van der Waals surface area contributed by atoms with Gasteiger partial charge in [-0.15, -0.1) is 24.0 Å². The van der Waals surface area contributed by atoms with Crippen molar-refractivity contribution in [3.8, 4) is 0 Å². The number of aliphatic imine (C=N–C) groups is 1. The maximum absolute atomic E-state index is 13.4. The Bertz CT molecular complexity index is 668. The first-order valence-corrected chi connectivity index (χ1v) is 9.66. The molecule has 158 valence electrons. The number of rotatable bonds is 6. The second-order valence-corrected chi connectivity index (χ2v) is 7.31. The molecule has 8 heteroatoms. The van der Waals surface area contributed by atoms with Crippen molar-refractivity contribution in [3.63, 3.8) is 0 Å². The molecule has 0 aliphatic carbocycles. The SMILES string of the molecule is CN=C(NCCNC(=O)C(C)C)NC1CCCN(c2ccc(F)cc2C)C1.I. The van der Waals surface area contributed by atoms with E-state index in [0.717, 1.165) is 43.1 Å². The van der Waals surface area contributed by atoms with Crippen LogP contribution in [0.4, 0.5) is 10.1 Å². The molecule has 1 aliphatic heterocycles. The Hall–Kier alpha value is -1.58. The van der Waals surface area contributed by atoms with Gasteiger partial charge in [-0.05, 0) is 43.5 Å². The molecule has 1 atom stereocenters. The van der Waals surface area contributed by atoms with Crippen LogP contribution in [0.2, 0.25) is 0 Å². The van der Waals surface area contributed by atoms with Crippen LogP contribution in [0.15, 0.2) is 23.2 Å². The summed E-state index contributed by atoms with van der Waals surface area (Å²) in [6.45, 7) is 8.69. The predicted octanol–water partition coefficient (Wildman–Crippen LogP) is 2.66. The number of anilines is 1. The van der Waals surface area contributed by atoms with E-state index in [1.54, 1.807) is 13.1 Å². The average Bonchev–Trinajstić information content (AvgIpc) is 2.64. The lowest BCUT2D eigenvalue weighted by atomic mass is 10.0. The Morgan fingerprint density at radius 3 is 2.68 bits per heavy atom. The van der Waals surface area contributed by atoms with Crippen LogP contribution in [0.25, 0.3) is 0 Å². The Labute approximate surface area is 184 Å². The molecule has 0 spiro atoms. The fourth-order valence-corrected chi connectivity index (χ4v) is 3.25. The number of hydrogen-bond donors (Lipinski definition) is 3. The molecule has 1 fully saturated rings. The van der Waals surface area contributed by atoms with Crippen molar-refractivity contribution in [2.75, 3.05) is 38.1 Å². The van der Waals surface area contributed by atoms with Crippen LogP contribution in [0.5, 0.6) is 0 Å². The summed E-state index contributed by atoms with van der Waals surface area (Å²) in [5.74, 6) is 0.580. The topological polar surface area (TPSA) is 68.8 Å². The number of nitrogens with zero attached hydrogens (tertiary/aromatic N) is 2. The number of halogens is 2. The fourth-order valence-electron chi connectivity index (χ4n) is 3.25.